The van der Waals surface area contributed by atoms with Gasteiger partial charge in [-0.05, 0) is 23.8 Å². The maximum absolute atomic E-state index is 11.8. The van der Waals surface area contributed by atoms with Crippen LogP contribution in [-0.4, -0.2) is 16.4 Å². The Morgan fingerprint density at radius 1 is 1.00 bits per heavy atom. The van der Waals surface area contributed by atoms with E-state index in [4.69, 9.17) is 23.2 Å². The van der Waals surface area contributed by atoms with Crippen molar-refractivity contribution in [3.05, 3.63) is 68.6 Å². The molecule has 1 aromatic heterocycles. The number of hydrogen-bond donors (Lipinski definition) is 2. The van der Waals surface area contributed by atoms with Crippen molar-refractivity contribution in [3.8, 4) is 0 Å². The number of hydrogen-bond acceptors (Lipinski definition) is 3. The van der Waals surface area contributed by atoms with Gasteiger partial charge in [-0.3, -0.25) is 25.2 Å². The Labute approximate surface area is 142 Å². The van der Waals surface area contributed by atoms with Crippen LogP contribution in [0.5, 0.6) is 0 Å². The van der Waals surface area contributed by atoms with E-state index in [-0.39, 0.29) is 18.5 Å². The van der Waals surface area contributed by atoms with Crippen LogP contribution in [0.2, 0.25) is 10.0 Å². The van der Waals surface area contributed by atoms with Gasteiger partial charge in [-0.25, -0.2) is 0 Å². The van der Waals surface area contributed by atoms with E-state index in [1.165, 1.54) is 16.8 Å². The molecule has 1 aromatic carbocycles. The maximum atomic E-state index is 11.8. The fraction of sp³-hybridized carbons (Fsp3) is 0.133. The van der Waals surface area contributed by atoms with E-state index in [0.717, 1.165) is 0 Å². The van der Waals surface area contributed by atoms with E-state index < -0.39 is 11.8 Å². The van der Waals surface area contributed by atoms with Gasteiger partial charge in [0.1, 0.15) is 6.54 Å². The summed E-state index contributed by atoms with van der Waals surface area (Å²) in [4.78, 5) is 34.9. The fourth-order valence-electron chi connectivity index (χ4n) is 1.80. The summed E-state index contributed by atoms with van der Waals surface area (Å²) in [6.45, 7) is -0.188. The summed E-state index contributed by atoms with van der Waals surface area (Å²) >= 11 is 11.7. The Morgan fingerprint density at radius 3 is 2.43 bits per heavy atom. The molecule has 2 aromatic rings. The highest BCUT2D eigenvalue weighted by Crippen LogP contribution is 2.22. The fourth-order valence-corrected chi connectivity index (χ4v) is 2.12. The number of hydrazine groups is 1. The van der Waals surface area contributed by atoms with Gasteiger partial charge in [-0.2, -0.15) is 0 Å². The Balaban J connectivity index is 1.84. The number of nitrogens with one attached hydrogen (secondary N) is 2. The standard InChI is InChI=1S/C15H13Cl2N3O3/c16-11-5-4-10(7-12(11)17)8-13(21)18-19-14(22)9-20-6-2-1-3-15(20)23/h1-7H,8-9H2,(H,18,21)(H,19,22). The number of benzene rings is 1. The van der Waals surface area contributed by atoms with Crippen LogP contribution < -0.4 is 16.4 Å². The van der Waals surface area contributed by atoms with Crippen LogP contribution in [0.3, 0.4) is 0 Å². The maximum Gasteiger partial charge on any atom is 0.258 e. The second-order valence-electron chi connectivity index (χ2n) is 4.69. The molecule has 0 aliphatic carbocycles. The van der Waals surface area contributed by atoms with Gasteiger partial charge in [0, 0.05) is 12.3 Å². The van der Waals surface area contributed by atoms with Crippen molar-refractivity contribution in [2.75, 3.05) is 0 Å². The topological polar surface area (TPSA) is 80.2 Å². The molecule has 0 aliphatic heterocycles. The predicted molar refractivity (Wildman–Crippen MR) is 87.2 cm³/mol. The number of carbonyl (C=O) groups is 2. The van der Waals surface area contributed by atoms with Gasteiger partial charge in [0.05, 0.1) is 16.5 Å². The molecule has 0 aliphatic rings. The molecule has 0 atom stereocenters. The normalized spacial score (nSPS) is 10.2. The molecule has 0 saturated carbocycles. The lowest BCUT2D eigenvalue weighted by atomic mass is 10.1. The van der Waals surface area contributed by atoms with Crippen LogP contribution in [0.4, 0.5) is 0 Å². The van der Waals surface area contributed by atoms with Crippen molar-refractivity contribution in [2.24, 2.45) is 0 Å². The van der Waals surface area contributed by atoms with Gasteiger partial charge in [0.2, 0.25) is 5.91 Å². The van der Waals surface area contributed by atoms with Gasteiger partial charge in [-0.15, -0.1) is 0 Å². The molecule has 0 fully saturated rings. The number of nitrogens with zero attached hydrogens (tertiary/aromatic N) is 1. The summed E-state index contributed by atoms with van der Waals surface area (Å²) in [5.41, 5.74) is 4.88. The zero-order chi connectivity index (χ0) is 16.8. The van der Waals surface area contributed by atoms with E-state index >= 15 is 0 Å². The molecule has 0 bridgehead atoms. The zero-order valence-electron chi connectivity index (χ0n) is 11.9. The highest BCUT2D eigenvalue weighted by molar-refractivity contribution is 6.42. The van der Waals surface area contributed by atoms with E-state index in [1.807, 2.05) is 0 Å². The van der Waals surface area contributed by atoms with Crippen molar-refractivity contribution >= 4 is 35.0 Å². The van der Waals surface area contributed by atoms with E-state index in [9.17, 15) is 14.4 Å². The molecule has 23 heavy (non-hydrogen) atoms. The lowest BCUT2D eigenvalue weighted by Gasteiger charge is -2.09. The number of rotatable bonds is 4. The van der Waals surface area contributed by atoms with Crippen LogP contribution >= 0.6 is 23.2 Å². The van der Waals surface area contributed by atoms with Crippen molar-refractivity contribution < 1.29 is 9.59 Å². The van der Waals surface area contributed by atoms with Gasteiger partial charge < -0.3 is 4.57 Å². The molecule has 0 spiro atoms. The minimum Gasteiger partial charge on any atom is -0.306 e. The van der Waals surface area contributed by atoms with E-state index in [0.29, 0.717) is 15.6 Å². The average molecular weight is 354 g/mol. The highest BCUT2D eigenvalue weighted by Gasteiger charge is 2.08. The summed E-state index contributed by atoms with van der Waals surface area (Å²) in [7, 11) is 0. The van der Waals surface area contributed by atoms with Crippen molar-refractivity contribution in [3.63, 3.8) is 0 Å². The lowest BCUT2D eigenvalue weighted by Crippen LogP contribution is -2.44. The average Bonchev–Trinajstić information content (AvgIpc) is 2.51. The van der Waals surface area contributed by atoms with Crippen molar-refractivity contribution in [2.45, 2.75) is 13.0 Å². The predicted octanol–water partition coefficient (Wildman–Crippen LogP) is 1.55. The first-order valence-corrected chi connectivity index (χ1v) is 7.38. The first-order chi connectivity index (χ1) is 11.0. The second kappa shape index (κ2) is 7.80. The molecule has 1 heterocycles. The highest BCUT2D eigenvalue weighted by atomic mass is 35.5. The third-order valence-electron chi connectivity index (χ3n) is 2.90. The zero-order valence-corrected chi connectivity index (χ0v) is 13.4. The number of halogens is 2. The molecular formula is C15H13Cl2N3O3. The minimum absolute atomic E-state index is 0.0302. The molecule has 6 nitrogen and oxygen atoms in total. The lowest BCUT2D eigenvalue weighted by molar-refractivity contribution is -0.128. The largest absolute Gasteiger partial charge is 0.306 e. The number of amides is 2. The monoisotopic (exact) mass is 353 g/mol. The quantitative estimate of drug-likeness (QED) is 0.818. The molecule has 0 saturated heterocycles. The van der Waals surface area contributed by atoms with Crippen LogP contribution in [0.15, 0.2) is 47.4 Å². The molecule has 0 radical (unpaired) electrons. The van der Waals surface area contributed by atoms with Crippen LogP contribution in [-0.2, 0) is 22.6 Å². The molecule has 2 N–H and O–H groups in total. The van der Waals surface area contributed by atoms with E-state index in [2.05, 4.69) is 10.9 Å². The SMILES string of the molecule is O=C(Cc1ccc(Cl)c(Cl)c1)NNC(=O)Cn1ccccc1=O. The molecule has 8 heteroatoms. The molecule has 2 rings (SSSR count). The minimum atomic E-state index is -0.513. The van der Waals surface area contributed by atoms with Gasteiger partial charge in [0.15, 0.2) is 0 Å². The Bertz CT molecular complexity index is 790. The molecule has 120 valence electrons. The first kappa shape index (κ1) is 17.1. The van der Waals surface area contributed by atoms with Gasteiger partial charge in [-0.1, -0.05) is 35.3 Å². The molecule has 0 unspecified atom stereocenters. The smallest absolute Gasteiger partial charge is 0.258 e. The first-order valence-electron chi connectivity index (χ1n) is 6.63. The number of aromatic nitrogens is 1. The van der Waals surface area contributed by atoms with Crippen molar-refractivity contribution in [1.29, 1.82) is 0 Å². The third-order valence-corrected chi connectivity index (χ3v) is 3.64. The number of pyridine rings is 1. The summed E-state index contributed by atoms with van der Waals surface area (Å²) < 4.78 is 1.22. The Hall–Kier alpha value is -2.31. The van der Waals surface area contributed by atoms with Gasteiger partial charge >= 0.3 is 0 Å². The summed E-state index contributed by atoms with van der Waals surface area (Å²) in [5, 5.41) is 0.752. The second-order valence-corrected chi connectivity index (χ2v) is 5.50. The van der Waals surface area contributed by atoms with Crippen LogP contribution in [0.25, 0.3) is 0 Å². The summed E-state index contributed by atoms with van der Waals surface area (Å²) in [5.74, 6) is -0.932. The van der Waals surface area contributed by atoms with Crippen LogP contribution in [0, 0.1) is 0 Å². The number of carbonyl (C=O) groups excluding carboxylic acids is 2. The Morgan fingerprint density at radius 2 is 1.74 bits per heavy atom. The third kappa shape index (κ3) is 5.12. The van der Waals surface area contributed by atoms with Crippen molar-refractivity contribution in [1.82, 2.24) is 15.4 Å². The van der Waals surface area contributed by atoms with E-state index in [1.54, 1.807) is 30.3 Å². The molecular weight excluding hydrogens is 341 g/mol. The van der Waals surface area contributed by atoms with Gasteiger partial charge in [0.25, 0.3) is 11.5 Å². The summed E-state index contributed by atoms with van der Waals surface area (Å²) in [6.07, 6.45) is 1.52. The van der Waals surface area contributed by atoms with Crippen LogP contribution in [0.1, 0.15) is 5.56 Å². The summed E-state index contributed by atoms with van der Waals surface area (Å²) in [6, 6.07) is 9.39. The Kier molecular flexibility index (Phi) is 5.78. The molecule has 2 amide bonds.